The summed E-state index contributed by atoms with van der Waals surface area (Å²) in [4.78, 5) is 24.5. The quantitative estimate of drug-likeness (QED) is 0.0371. The first-order valence-corrected chi connectivity index (χ1v) is 51.1. The molecule has 0 spiro atoms. The molecule has 0 aliphatic rings. The molecule has 0 radical (unpaired) electrons. The second-order valence-corrected chi connectivity index (χ2v) is 29.1. The van der Waals surface area contributed by atoms with Crippen molar-refractivity contribution in [2.45, 2.75) is 12.8 Å². The van der Waals surface area contributed by atoms with Gasteiger partial charge < -0.3 is 219 Å². The van der Waals surface area contributed by atoms with Crippen molar-refractivity contribution in [1.82, 2.24) is 5.32 Å². The Hall–Kier alpha value is -3.51. The van der Waals surface area contributed by atoms with E-state index in [0.717, 1.165) is 0 Å². The third kappa shape index (κ3) is 138. The Balaban J connectivity index is 3.11. The third-order valence-electron chi connectivity index (χ3n) is 17.5. The summed E-state index contributed by atoms with van der Waals surface area (Å²) in [6.07, 6.45) is -0.238. The van der Waals surface area contributed by atoms with Gasteiger partial charge in [-0.1, -0.05) is 5.11 Å². The summed E-state index contributed by atoms with van der Waals surface area (Å²) in [5.41, 5.74) is 8.19. The Morgan fingerprint density at radius 1 is 0.152 bits per heavy atom. The summed E-state index contributed by atoms with van der Waals surface area (Å²) in [6.45, 7) is 41.5. The van der Waals surface area contributed by atoms with Gasteiger partial charge in [-0.05, 0) is 5.53 Å². The van der Waals surface area contributed by atoms with E-state index in [1.165, 1.54) is 0 Å². The molecule has 0 aromatic carbocycles. The summed E-state index contributed by atoms with van der Waals surface area (Å²) in [7, 11) is 0. The van der Waals surface area contributed by atoms with Crippen LogP contribution in [0.25, 0.3) is 10.4 Å². The van der Waals surface area contributed by atoms with E-state index in [1.54, 1.807) is 0 Å². The van der Waals surface area contributed by atoms with Gasteiger partial charge in [-0.3, -0.25) is 9.59 Å². The molecular weight excluding hydrogens is 1940 g/mol. The van der Waals surface area contributed by atoms with Crippen molar-refractivity contribution in [3.63, 3.8) is 0 Å². The monoisotopic (exact) mass is 2120 g/mol. The summed E-state index contributed by atoms with van der Waals surface area (Å²) < 4.78 is 243. The molecule has 1 amide bonds. The number of carboxylic acids is 1. The van der Waals surface area contributed by atoms with Crippen LogP contribution in [0, 0.1) is 0 Å². The molecule has 0 heterocycles. The highest BCUT2D eigenvalue weighted by molar-refractivity contribution is 5.80. The highest BCUT2D eigenvalue weighted by atomic mass is 16.7. The van der Waals surface area contributed by atoms with Gasteiger partial charge >= 0.3 is 5.97 Å². The molecule has 0 aromatic rings. The predicted molar refractivity (Wildman–Crippen MR) is 520 cm³/mol. The fourth-order valence-electron chi connectivity index (χ4n) is 10.3. The smallest absolute Gasteiger partial charge is 0.303 e. The Morgan fingerprint density at radius 3 is 0.331 bits per heavy atom. The molecule has 145 heavy (non-hydrogen) atoms. The van der Waals surface area contributed by atoms with Crippen molar-refractivity contribution in [3.05, 3.63) is 10.4 Å². The SMILES string of the molecule is [N-]=[N+]=NCCOCCOCCOCCOCCOCCOCCOCCOCCOCCOCCOCCOCCOCCOCCOCCOCCOCCOCCOCCOCCOCCOCCOCCOCCOCCOCCOCCOCCOCCOCCOCCOCCOCCOCCOCCOCCOCCOCCOCCOCCOCCOCCOCCOCCNC(=O)CCC(=O)O. The second kappa shape index (κ2) is 137. The van der Waals surface area contributed by atoms with Crippen molar-refractivity contribution in [3.8, 4) is 0 Å². The van der Waals surface area contributed by atoms with E-state index < -0.39 is 5.97 Å². The minimum atomic E-state index is -1.00. The van der Waals surface area contributed by atoms with Gasteiger partial charge in [0.25, 0.3) is 0 Å². The maximum Gasteiger partial charge on any atom is 0.303 e. The third-order valence-corrected chi connectivity index (χ3v) is 17.5. The minimum absolute atomic E-state index is 0.0462. The van der Waals surface area contributed by atoms with E-state index in [9.17, 15) is 9.59 Å². The molecule has 0 saturated carbocycles. The van der Waals surface area contributed by atoms with Gasteiger partial charge in [0.2, 0.25) is 5.91 Å². The first kappa shape index (κ1) is 141. The lowest BCUT2D eigenvalue weighted by Gasteiger charge is -2.09. The number of amides is 1. The molecule has 0 unspecified atom stereocenters. The lowest BCUT2D eigenvalue weighted by atomic mass is 10.3. The highest BCUT2D eigenvalue weighted by Crippen LogP contribution is 1.98. The van der Waals surface area contributed by atoms with Crippen molar-refractivity contribution in [2.75, 3.05) is 594 Å². The van der Waals surface area contributed by atoms with Gasteiger partial charge in [0.05, 0.1) is 588 Å². The summed E-state index contributed by atoms with van der Waals surface area (Å²) >= 11 is 0. The Kier molecular flexibility index (Phi) is 133. The molecule has 0 aliphatic carbocycles. The lowest BCUT2D eigenvalue weighted by Crippen LogP contribution is -2.27. The molecular formula is C94H186N4O47. The standard InChI is InChI=1S/C94H186N4O47/c95-98-97-4-6-103-8-10-105-12-14-107-16-18-109-20-22-111-24-26-113-28-30-115-32-34-117-36-38-119-40-42-121-44-46-123-48-50-125-52-54-127-56-58-129-60-62-131-64-66-133-68-70-135-72-74-137-76-78-139-80-82-141-84-86-143-88-90-145-92-91-144-89-87-142-85-83-140-81-79-138-77-75-136-73-71-134-69-67-132-65-63-130-61-59-128-57-55-126-53-51-124-49-47-122-45-43-120-41-39-118-37-35-116-33-31-114-29-27-112-25-23-110-21-19-108-17-15-106-13-11-104-9-7-102-5-3-96-93(99)1-2-94(100)101/h1-92H2,(H,96,99)(H,100,101). The average Bonchev–Trinajstić information content (AvgIpc) is 1.03. The highest BCUT2D eigenvalue weighted by Gasteiger charge is 2.09. The topological polar surface area (TPSA) is 521 Å². The van der Waals surface area contributed by atoms with Crippen molar-refractivity contribution in [1.29, 1.82) is 0 Å². The van der Waals surface area contributed by atoms with E-state index in [2.05, 4.69) is 15.3 Å². The van der Waals surface area contributed by atoms with E-state index in [4.69, 9.17) is 219 Å². The summed E-state index contributed by atoms with van der Waals surface area (Å²) in [5.74, 6) is -1.32. The van der Waals surface area contributed by atoms with Crippen LogP contribution >= 0.6 is 0 Å². The fraction of sp³-hybridized carbons (Fsp3) is 0.979. The van der Waals surface area contributed by atoms with Crippen molar-refractivity contribution >= 4 is 11.9 Å². The molecule has 51 nitrogen and oxygen atoms in total. The predicted octanol–water partition coefficient (Wildman–Crippen LogP) is 1.01. The van der Waals surface area contributed by atoms with Crippen LogP contribution in [-0.4, -0.2) is 611 Å². The molecule has 0 saturated heterocycles. The van der Waals surface area contributed by atoms with Gasteiger partial charge in [-0.25, -0.2) is 0 Å². The molecule has 0 atom stereocenters. The number of nitrogens with one attached hydrogen (secondary N) is 1. The van der Waals surface area contributed by atoms with Gasteiger partial charge in [-0.2, -0.15) is 0 Å². The molecule has 2 N–H and O–H groups in total. The number of hydrogen-bond donors (Lipinski definition) is 2. The van der Waals surface area contributed by atoms with Gasteiger partial charge in [0.1, 0.15) is 0 Å². The second-order valence-electron chi connectivity index (χ2n) is 29.1. The molecule has 0 aromatic heterocycles. The number of ether oxygens (including phenoxy) is 44. The number of nitrogens with zero attached hydrogens (tertiary/aromatic N) is 3. The van der Waals surface area contributed by atoms with Crippen molar-refractivity contribution in [2.24, 2.45) is 5.11 Å². The minimum Gasteiger partial charge on any atom is -0.481 e. The van der Waals surface area contributed by atoms with Crippen LogP contribution in [0.5, 0.6) is 0 Å². The van der Waals surface area contributed by atoms with Crippen molar-refractivity contribution < 1.29 is 223 Å². The average molecular weight is 2120 g/mol. The normalized spacial score (nSPS) is 11.7. The van der Waals surface area contributed by atoms with E-state index >= 15 is 0 Å². The largest absolute Gasteiger partial charge is 0.481 e. The first-order chi connectivity index (χ1) is 72.2. The van der Waals surface area contributed by atoms with Gasteiger partial charge in [-0.15, -0.1) is 0 Å². The van der Waals surface area contributed by atoms with Crippen LogP contribution in [0.1, 0.15) is 12.8 Å². The van der Waals surface area contributed by atoms with E-state index in [1.807, 2.05) is 0 Å². The first-order valence-electron chi connectivity index (χ1n) is 51.1. The Bertz CT molecular complexity index is 2240. The van der Waals surface area contributed by atoms with E-state index in [-0.39, 0.29) is 18.7 Å². The van der Waals surface area contributed by atoms with Gasteiger partial charge in [0.15, 0.2) is 0 Å². The molecule has 0 bridgehead atoms. The molecule has 864 valence electrons. The zero-order valence-electron chi connectivity index (χ0n) is 87.1. The summed E-state index contributed by atoms with van der Waals surface area (Å²) in [5, 5.41) is 14.5. The number of azide groups is 1. The summed E-state index contributed by atoms with van der Waals surface area (Å²) in [6, 6.07) is 0. The molecule has 0 aliphatic heterocycles. The zero-order chi connectivity index (χ0) is 103. The van der Waals surface area contributed by atoms with Crippen LogP contribution in [0.2, 0.25) is 0 Å². The van der Waals surface area contributed by atoms with Crippen LogP contribution in [0.3, 0.4) is 0 Å². The van der Waals surface area contributed by atoms with Crippen LogP contribution in [0.4, 0.5) is 0 Å². The maximum atomic E-state index is 11.4. The number of carbonyl (C=O) groups is 2. The number of aliphatic carboxylic acids is 1. The van der Waals surface area contributed by atoms with E-state index in [0.29, 0.717) is 594 Å². The lowest BCUT2D eigenvalue weighted by molar-refractivity contribution is -0.138. The van der Waals surface area contributed by atoms with Crippen LogP contribution < -0.4 is 5.32 Å². The van der Waals surface area contributed by atoms with Crippen LogP contribution in [-0.2, 0) is 218 Å². The number of hydrogen-bond acceptors (Lipinski definition) is 47. The maximum absolute atomic E-state index is 11.4. The van der Waals surface area contributed by atoms with Gasteiger partial charge in [0, 0.05) is 24.4 Å². The molecule has 51 heteroatoms. The number of rotatable bonds is 138. The fourth-order valence-corrected chi connectivity index (χ4v) is 10.3. The number of carbonyl (C=O) groups excluding carboxylic acids is 1. The van der Waals surface area contributed by atoms with Crippen LogP contribution in [0.15, 0.2) is 5.11 Å². The zero-order valence-corrected chi connectivity index (χ0v) is 87.1. The Labute approximate surface area is 859 Å². The number of carboxylic acid groups (broad SMARTS) is 1. The molecule has 0 fully saturated rings. The molecule has 0 rings (SSSR count). The Morgan fingerprint density at radius 2 is 0.241 bits per heavy atom.